The van der Waals surface area contributed by atoms with E-state index >= 15 is 0 Å². The van der Waals surface area contributed by atoms with Gasteiger partial charge in [0.05, 0.1) is 0 Å². The molecule has 102 valence electrons. The minimum Gasteiger partial charge on any atom is -0.500 e. The van der Waals surface area contributed by atoms with Crippen LogP contribution in [0.2, 0.25) is 0 Å². The standard InChI is InChI=1S/C12H28O3Si2/c1-2-3-4-5-6-7-8-9-10-11-12(13)14-17-15-16/h2-11,17H2,1,16H3. The molecule has 0 unspecified atom stereocenters. The van der Waals surface area contributed by atoms with Gasteiger partial charge >= 0.3 is 10.0 Å². The Morgan fingerprint density at radius 2 is 1.53 bits per heavy atom. The normalized spacial score (nSPS) is 11.4. The van der Waals surface area contributed by atoms with E-state index < -0.39 is 10.0 Å². The number of hydrogen-bond donors (Lipinski definition) is 0. The maximum atomic E-state index is 11.2. The fraction of sp³-hybridized carbons (Fsp3) is 0.917. The van der Waals surface area contributed by atoms with E-state index in [1.54, 1.807) is 0 Å². The van der Waals surface area contributed by atoms with Crippen molar-refractivity contribution in [2.45, 2.75) is 71.1 Å². The predicted octanol–water partition coefficient (Wildman–Crippen LogP) is 1.75. The molecule has 3 nitrogen and oxygen atoms in total. The molecule has 0 aliphatic carbocycles. The highest BCUT2D eigenvalue weighted by Gasteiger charge is 2.01. The molecule has 0 fully saturated rings. The maximum absolute atomic E-state index is 11.2. The first-order valence-corrected chi connectivity index (χ1v) is 8.93. The van der Waals surface area contributed by atoms with Crippen LogP contribution >= 0.6 is 0 Å². The molecule has 0 rings (SSSR count). The fourth-order valence-electron chi connectivity index (χ4n) is 1.78. The van der Waals surface area contributed by atoms with E-state index in [1.807, 2.05) is 0 Å². The van der Waals surface area contributed by atoms with Gasteiger partial charge in [0.2, 0.25) is 0 Å². The van der Waals surface area contributed by atoms with Crippen LogP contribution in [0.4, 0.5) is 0 Å². The summed E-state index contributed by atoms with van der Waals surface area (Å²) in [7, 11) is -0.284. The zero-order chi connectivity index (χ0) is 12.8. The van der Waals surface area contributed by atoms with Crippen molar-refractivity contribution in [3.8, 4) is 0 Å². The Hall–Kier alpha value is -0.136. The molecular formula is C12H28O3Si2. The van der Waals surface area contributed by atoms with Crippen LogP contribution in [0.25, 0.3) is 0 Å². The van der Waals surface area contributed by atoms with E-state index in [2.05, 4.69) is 6.92 Å². The van der Waals surface area contributed by atoms with Crippen molar-refractivity contribution in [1.82, 2.24) is 0 Å². The summed E-state index contributed by atoms with van der Waals surface area (Å²) in [6.45, 7) is 2.24. The fourth-order valence-corrected chi connectivity index (χ4v) is 2.52. The monoisotopic (exact) mass is 276 g/mol. The molecule has 17 heavy (non-hydrogen) atoms. The molecule has 0 aromatic rings. The number of rotatable bonds is 12. The Labute approximate surface area is 111 Å². The zero-order valence-corrected chi connectivity index (χ0v) is 14.9. The van der Waals surface area contributed by atoms with Crippen molar-refractivity contribution in [1.29, 1.82) is 0 Å². The summed E-state index contributed by atoms with van der Waals surface area (Å²) < 4.78 is 9.91. The van der Waals surface area contributed by atoms with Gasteiger partial charge in [0.15, 0.2) is 0 Å². The van der Waals surface area contributed by atoms with Gasteiger partial charge in [-0.2, -0.15) is 0 Å². The van der Waals surface area contributed by atoms with Gasteiger partial charge in [-0.15, -0.1) is 0 Å². The van der Waals surface area contributed by atoms with Crippen LogP contribution in [0.5, 0.6) is 0 Å². The summed E-state index contributed by atoms with van der Waals surface area (Å²) in [5, 5.41) is 0. The first-order chi connectivity index (χ1) is 8.31. The van der Waals surface area contributed by atoms with E-state index in [0.29, 0.717) is 16.9 Å². The summed E-state index contributed by atoms with van der Waals surface area (Å²) in [5.74, 6) is -0.0598. The van der Waals surface area contributed by atoms with Gasteiger partial charge in [0, 0.05) is 6.42 Å². The number of unbranched alkanes of at least 4 members (excludes halogenated alkanes) is 8. The molecule has 0 saturated heterocycles. The molecule has 0 aromatic heterocycles. The van der Waals surface area contributed by atoms with Gasteiger partial charge in [0.25, 0.3) is 5.97 Å². The van der Waals surface area contributed by atoms with Crippen LogP contribution < -0.4 is 0 Å². The van der Waals surface area contributed by atoms with Crippen LogP contribution in [0.15, 0.2) is 0 Å². The molecule has 0 N–H and O–H groups in total. The second kappa shape index (κ2) is 13.9. The first-order valence-electron chi connectivity index (χ1n) is 6.95. The van der Waals surface area contributed by atoms with E-state index in [0.717, 1.165) is 12.8 Å². The van der Waals surface area contributed by atoms with Crippen molar-refractivity contribution >= 4 is 26.5 Å². The van der Waals surface area contributed by atoms with Gasteiger partial charge in [-0.1, -0.05) is 58.3 Å². The lowest BCUT2D eigenvalue weighted by Crippen LogP contribution is -2.10. The Balaban J connectivity index is 3.05. The summed E-state index contributed by atoms with van der Waals surface area (Å²) in [4.78, 5) is 11.2. The topological polar surface area (TPSA) is 35.5 Å². The smallest absolute Gasteiger partial charge is 0.358 e. The number of carbonyl (C=O) groups excluding carboxylic acids is 1. The average molecular weight is 277 g/mol. The third-order valence-electron chi connectivity index (χ3n) is 2.82. The molecule has 0 radical (unpaired) electrons. The molecule has 0 heterocycles. The summed E-state index contributed by atoms with van der Waals surface area (Å²) >= 11 is 0. The first kappa shape index (κ1) is 16.9. The molecule has 0 atom stereocenters. The van der Waals surface area contributed by atoms with Gasteiger partial charge in [-0.05, 0) is 6.42 Å². The van der Waals surface area contributed by atoms with E-state index in [1.165, 1.54) is 44.9 Å². The van der Waals surface area contributed by atoms with Crippen LogP contribution in [0.3, 0.4) is 0 Å². The number of hydrogen-bond acceptors (Lipinski definition) is 3. The van der Waals surface area contributed by atoms with Crippen LogP contribution in [-0.2, 0) is 13.3 Å². The summed E-state index contributed by atoms with van der Waals surface area (Å²) in [6, 6.07) is 0. The minimum atomic E-state index is -0.970. The van der Waals surface area contributed by atoms with Gasteiger partial charge < -0.3 is 8.54 Å². The second-order valence-electron chi connectivity index (χ2n) is 4.50. The van der Waals surface area contributed by atoms with Crippen molar-refractivity contribution in [2.24, 2.45) is 0 Å². The lowest BCUT2D eigenvalue weighted by Gasteiger charge is -2.03. The highest BCUT2D eigenvalue weighted by molar-refractivity contribution is 6.30. The Morgan fingerprint density at radius 1 is 1.00 bits per heavy atom. The highest BCUT2D eigenvalue weighted by Crippen LogP contribution is 2.10. The molecule has 0 spiro atoms. The van der Waals surface area contributed by atoms with E-state index in [4.69, 9.17) is 8.54 Å². The SMILES string of the molecule is CCCCCCCCCCCC(=O)O[SiH2]O[SiH3]. The van der Waals surface area contributed by atoms with Gasteiger partial charge in [-0.25, -0.2) is 0 Å². The Bertz CT molecular complexity index is 177. The van der Waals surface area contributed by atoms with Gasteiger partial charge in [-0.3, -0.25) is 4.79 Å². The quantitative estimate of drug-likeness (QED) is 0.402. The van der Waals surface area contributed by atoms with Crippen molar-refractivity contribution in [3.05, 3.63) is 0 Å². The number of carbonyl (C=O) groups is 1. The summed E-state index contributed by atoms with van der Waals surface area (Å²) in [5.41, 5.74) is 0. The molecule has 0 aliphatic rings. The largest absolute Gasteiger partial charge is 0.500 e. The van der Waals surface area contributed by atoms with Crippen LogP contribution in [-0.4, -0.2) is 26.5 Å². The lowest BCUT2D eigenvalue weighted by molar-refractivity contribution is -0.135. The molecule has 0 aromatic carbocycles. The average Bonchev–Trinajstić information content (AvgIpc) is 2.34. The van der Waals surface area contributed by atoms with Crippen molar-refractivity contribution in [2.75, 3.05) is 0 Å². The lowest BCUT2D eigenvalue weighted by atomic mass is 10.1. The van der Waals surface area contributed by atoms with Crippen LogP contribution in [0.1, 0.15) is 71.1 Å². The van der Waals surface area contributed by atoms with Crippen molar-refractivity contribution in [3.63, 3.8) is 0 Å². The highest BCUT2D eigenvalue weighted by atomic mass is 28.3. The van der Waals surface area contributed by atoms with Crippen LogP contribution in [0, 0.1) is 0 Å². The van der Waals surface area contributed by atoms with E-state index in [9.17, 15) is 4.79 Å². The zero-order valence-electron chi connectivity index (χ0n) is 11.5. The summed E-state index contributed by atoms with van der Waals surface area (Å²) in [6.07, 6.45) is 12.1. The Morgan fingerprint density at radius 3 is 2.06 bits per heavy atom. The molecule has 5 heteroatoms. The molecular weight excluding hydrogens is 248 g/mol. The molecule has 0 bridgehead atoms. The predicted molar refractivity (Wildman–Crippen MR) is 77.5 cm³/mol. The molecule has 0 amide bonds. The van der Waals surface area contributed by atoms with E-state index in [-0.39, 0.29) is 5.97 Å². The minimum absolute atomic E-state index is 0.0598. The third kappa shape index (κ3) is 13.8. The van der Waals surface area contributed by atoms with Gasteiger partial charge in [0.1, 0.15) is 10.5 Å². The second-order valence-corrected chi connectivity index (χ2v) is 7.34. The molecule has 0 saturated carbocycles. The third-order valence-corrected chi connectivity index (χ3v) is 4.20. The maximum Gasteiger partial charge on any atom is 0.358 e. The molecule has 0 aliphatic heterocycles. The Kier molecular flexibility index (Phi) is 13.8. The van der Waals surface area contributed by atoms with Crippen molar-refractivity contribution < 1.29 is 13.3 Å².